The lowest BCUT2D eigenvalue weighted by Crippen LogP contribution is -2.31. The van der Waals surface area contributed by atoms with E-state index in [1.165, 1.54) is 23.1 Å². The lowest BCUT2D eigenvalue weighted by atomic mass is 10.2. The molecule has 0 bridgehead atoms. The van der Waals surface area contributed by atoms with Crippen molar-refractivity contribution in [3.63, 3.8) is 0 Å². The monoisotopic (exact) mass is 307 g/mol. The molecule has 2 N–H and O–H groups in total. The maximum absolute atomic E-state index is 12.2. The Balaban J connectivity index is 1.89. The number of carbonyl (C=O) groups excluding carboxylic acids is 1. The standard InChI is InChI=1S/C14H17N3OS2/c1-2-17(9-11-6-4-3-5-7-11)12(18)10-19-13-8-16-14(15)20-13/h3-8H,2,9-10H2,1H3,(H2,15,16). The SMILES string of the molecule is CCN(Cc1ccccc1)C(=O)CSc1cnc(N)s1. The maximum atomic E-state index is 12.2. The molecule has 0 spiro atoms. The van der Waals surface area contributed by atoms with E-state index in [0.717, 1.165) is 9.77 Å². The fraction of sp³-hybridized carbons (Fsp3) is 0.286. The topological polar surface area (TPSA) is 59.2 Å². The average Bonchev–Trinajstić information content (AvgIpc) is 2.89. The van der Waals surface area contributed by atoms with E-state index in [-0.39, 0.29) is 5.91 Å². The van der Waals surface area contributed by atoms with E-state index in [1.54, 1.807) is 6.20 Å². The van der Waals surface area contributed by atoms with E-state index in [9.17, 15) is 4.79 Å². The third kappa shape index (κ3) is 4.25. The van der Waals surface area contributed by atoms with Crippen molar-refractivity contribution >= 4 is 34.1 Å². The fourth-order valence-electron chi connectivity index (χ4n) is 1.74. The number of amides is 1. The molecule has 2 aromatic rings. The van der Waals surface area contributed by atoms with Crippen molar-refractivity contribution < 1.29 is 4.79 Å². The minimum Gasteiger partial charge on any atom is -0.375 e. The Morgan fingerprint density at radius 2 is 2.15 bits per heavy atom. The van der Waals surface area contributed by atoms with E-state index < -0.39 is 0 Å². The number of hydrogen-bond donors (Lipinski definition) is 1. The molecule has 2 rings (SSSR count). The molecule has 1 aromatic carbocycles. The van der Waals surface area contributed by atoms with Crippen LogP contribution in [-0.2, 0) is 11.3 Å². The zero-order valence-corrected chi connectivity index (χ0v) is 12.9. The first-order chi connectivity index (χ1) is 9.69. The summed E-state index contributed by atoms with van der Waals surface area (Å²) in [5.74, 6) is 0.552. The van der Waals surface area contributed by atoms with Crippen LogP contribution in [0.1, 0.15) is 12.5 Å². The zero-order valence-electron chi connectivity index (χ0n) is 11.3. The Morgan fingerprint density at radius 1 is 1.40 bits per heavy atom. The summed E-state index contributed by atoms with van der Waals surface area (Å²) in [4.78, 5) is 18.0. The van der Waals surface area contributed by atoms with Crippen molar-refractivity contribution in [3.05, 3.63) is 42.1 Å². The number of benzene rings is 1. The van der Waals surface area contributed by atoms with Crippen LogP contribution in [0.15, 0.2) is 40.7 Å². The summed E-state index contributed by atoms with van der Waals surface area (Å²) in [5.41, 5.74) is 6.72. The normalized spacial score (nSPS) is 10.4. The van der Waals surface area contributed by atoms with Crippen LogP contribution in [0.4, 0.5) is 5.13 Å². The van der Waals surface area contributed by atoms with Gasteiger partial charge in [0, 0.05) is 13.1 Å². The number of thiazole rings is 1. The van der Waals surface area contributed by atoms with Crippen molar-refractivity contribution in [2.75, 3.05) is 18.0 Å². The highest BCUT2D eigenvalue weighted by atomic mass is 32.2. The number of anilines is 1. The Morgan fingerprint density at radius 3 is 2.75 bits per heavy atom. The maximum Gasteiger partial charge on any atom is 0.233 e. The highest BCUT2D eigenvalue weighted by Crippen LogP contribution is 2.26. The van der Waals surface area contributed by atoms with Gasteiger partial charge < -0.3 is 10.6 Å². The Bertz CT molecular complexity index is 557. The summed E-state index contributed by atoms with van der Waals surface area (Å²) >= 11 is 2.90. The molecule has 0 radical (unpaired) electrons. The highest BCUT2D eigenvalue weighted by Gasteiger charge is 2.13. The van der Waals surface area contributed by atoms with E-state index in [4.69, 9.17) is 5.73 Å². The Hall–Kier alpha value is -1.53. The first-order valence-electron chi connectivity index (χ1n) is 6.35. The number of nitrogen functional groups attached to an aromatic ring is 1. The molecule has 0 saturated heterocycles. The second-order valence-corrected chi connectivity index (χ2v) is 6.54. The first-order valence-corrected chi connectivity index (χ1v) is 8.15. The molecule has 0 aliphatic heterocycles. The molecular weight excluding hydrogens is 290 g/mol. The van der Waals surface area contributed by atoms with Gasteiger partial charge in [-0.15, -0.1) is 11.8 Å². The van der Waals surface area contributed by atoms with Crippen molar-refractivity contribution in [2.45, 2.75) is 17.7 Å². The summed E-state index contributed by atoms with van der Waals surface area (Å²) in [6.45, 7) is 3.36. The van der Waals surface area contributed by atoms with Gasteiger partial charge in [0.25, 0.3) is 0 Å². The van der Waals surface area contributed by atoms with Gasteiger partial charge in [0.05, 0.1) is 16.2 Å². The second-order valence-electron chi connectivity index (χ2n) is 4.20. The van der Waals surface area contributed by atoms with Crippen molar-refractivity contribution in [2.24, 2.45) is 0 Å². The van der Waals surface area contributed by atoms with Gasteiger partial charge in [-0.3, -0.25) is 4.79 Å². The molecule has 0 fully saturated rings. The molecule has 0 aliphatic carbocycles. The Labute approximate surface area is 127 Å². The molecule has 1 heterocycles. The summed E-state index contributed by atoms with van der Waals surface area (Å²) in [5, 5.41) is 0.539. The van der Waals surface area contributed by atoms with Crippen molar-refractivity contribution in [1.82, 2.24) is 9.88 Å². The third-order valence-electron chi connectivity index (χ3n) is 2.79. The number of hydrogen-bond acceptors (Lipinski definition) is 5. The molecule has 0 atom stereocenters. The molecule has 106 valence electrons. The van der Waals surface area contributed by atoms with Crippen LogP contribution >= 0.6 is 23.1 Å². The molecule has 0 unspecified atom stereocenters. The van der Waals surface area contributed by atoms with Gasteiger partial charge in [-0.2, -0.15) is 0 Å². The number of nitrogens with zero attached hydrogens (tertiary/aromatic N) is 2. The first kappa shape index (κ1) is 14.9. The lowest BCUT2D eigenvalue weighted by molar-refractivity contribution is -0.128. The predicted octanol–water partition coefficient (Wildman–Crippen LogP) is 2.87. The van der Waals surface area contributed by atoms with Crippen LogP contribution in [0, 0.1) is 0 Å². The number of thioether (sulfide) groups is 1. The van der Waals surface area contributed by atoms with Crippen LogP contribution < -0.4 is 5.73 Å². The van der Waals surface area contributed by atoms with Gasteiger partial charge in [0.1, 0.15) is 0 Å². The van der Waals surface area contributed by atoms with Gasteiger partial charge in [0.2, 0.25) is 5.91 Å². The smallest absolute Gasteiger partial charge is 0.233 e. The molecule has 4 nitrogen and oxygen atoms in total. The van der Waals surface area contributed by atoms with Crippen LogP contribution in [0.25, 0.3) is 0 Å². The van der Waals surface area contributed by atoms with Crippen molar-refractivity contribution in [3.8, 4) is 0 Å². The molecule has 6 heteroatoms. The minimum atomic E-state index is 0.133. The third-order valence-corrected chi connectivity index (χ3v) is 4.80. The molecule has 0 aliphatic rings. The van der Waals surface area contributed by atoms with E-state index in [0.29, 0.717) is 24.0 Å². The van der Waals surface area contributed by atoms with E-state index in [2.05, 4.69) is 4.98 Å². The fourth-order valence-corrected chi connectivity index (χ4v) is 3.40. The van der Waals surface area contributed by atoms with Crippen LogP contribution in [0.2, 0.25) is 0 Å². The second kappa shape index (κ2) is 7.31. The van der Waals surface area contributed by atoms with Gasteiger partial charge in [-0.05, 0) is 12.5 Å². The van der Waals surface area contributed by atoms with Crippen LogP contribution in [0.5, 0.6) is 0 Å². The highest BCUT2D eigenvalue weighted by molar-refractivity contribution is 8.01. The van der Waals surface area contributed by atoms with Crippen molar-refractivity contribution in [1.29, 1.82) is 0 Å². The van der Waals surface area contributed by atoms with Crippen LogP contribution in [-0.4, -0.2) is 28.1 Å². The Kier molecular flexibility index (Phi) is 5.43. The number of rotatable bonds is 6. The number of aromatic nitrogens is 1. The molecule has 0 saturated carbocycles. The summed E-state index contributed by atoms with van der Waals surface area (Å²) < 4.78 is 0.978. The molecule has 1 aromatic heterocycles. The van der Waals surface area contributed by atoms with Gasteiger partial charge in [-0.1, -0.05) is 41.7 Å². The average molecular weight is 307 g/mol. The quantitative estimate of drug-likeness (QED) is 0.834. The van der Waals surface area contributed by atoms with Gasteiger partial charge >= 0.3 is 0 Å². The van der Waals surface area contributed by atoms with E-state index in [1.807, 2.05) is 42.2 Å². The molecule has 20 heavy (non-hydrogen) atoms. The lowest BCUT2D eigenvalue weighted by Gasteiger charge is -2.20. The van der Waals surface area contributed by atoms with Crippen LogP contribution in [0.3, 0.4) is 0 Å². The van der Waals surface area contributed by atoms with Gasteiger partial charge in [-0.25, -0.2) is 4.98 Å². The number of carbonyl (C=O) groups is 1. The predicted molar refractivity (Wildman–Crippen MR) is 84.8 cm³/mol. The number of nitrogens with two attached hydrogens (primary N) is 1. The summed E-state index contributed by atoms with van der Waals surface area (Å²) in [7, 11) is 0. The largest absolute Gasteiger partial charge is 0.375 e. The summed E-state index contributed by atoms with van der Waals surface area (Å²) in [6, 6.07) is 10.0. The summed E-state index contributed by atoms with van der Waals surface area (Å²) in [6.07, 6.45) is 1.71. The minimum absolute atomic E-state index is 0.133. The zero-order chi connectivity index (χ0) is 14.4. The molecular formula is C14H17N3OS2. The van der Waals surface area contributed by atoms with Gasteiger partial charge in [0.15, 0.2) is 5.13 Å². The molecule has 1 amide bonds. The van der Waals surface area contributed by atoms with E-state index >= 15 is 0 Å².